The maximum absolute atomic E-state index is 13.0. The van der Waals surface area contributed by atoms with Gasteiger partial charge in [0.2, 0.25) is 0 Å². The van der Waals surface area contributed by atoms with Gasteiger partial charge in [0, 0.05) is 18.4 Å². The molecule has 0 saturated carbocycles. The largest absolute Gasteiger partial charge is 0.453 e. The first-order chi connectivity index (χ1) is 11.7. The summed E-state index contributed by atoms with van der Waals surface area (Å²) in [5, 5.41) is 3.55. The van der Waals surface area contributed by atoms with E-state index in [0.717, 1.165) is 30.0 Å². The summed E-state index contributed by atoms with van der Waals surface area (Å²) >= 11 is 0. The van der Waals surface area contributed by atoms with Crippen LogP contribution in [0.1, 0.15) is 36.8 Å². The van der Waals surface area contributed by atoms with Gasteiger partial charge in [0.25, 0.3) is 5.82 Å². The molecule has 0 aromatic carbocycles. The molecule has 6 nitrogen and oxygen atoms in total. The Balaban J connectivity index is 2.09. The van der Waals surface area contributed by atoms with Crippen LogP contribution in [-0.2, 0) is 16.0 Å². The molecule has 0 fully saturated rings. The lowest BCUT2D eigenvalue weighted by molar-refractivity contribution is -0.144. The molecule has 0 aliphatic heterocycles. The van der Waals surface area contributed by atoms with Crippen LogP contribution >= 0.6 is 0 Å². The van der Waals surface area contributed by atoms with Crippen molar-refractivity contribution in [3.63, 3.8) is 0 Å². The number of alkyl halides is 3. The van der Waals surface area contributed by atoms with Gasteiger partial charge in [-0.15, -0.1) is 5.10 Å². The van der Waals surface area contributed by atoms with Gasteiger partial charge in [-0.1, -0.05) is 12.2 Å². The van der Waals surface area contributed by atoms with Gasteiger partial charge in [0.15, 0.2) is 15.7 Å². The summed E-state index contributed by atoms with van der Waals surface area (Å²) in [6.45, 7) is 0. The Bertz CT molecular complexity index is 902. The summed E-state index contributed by atoms with van der Waals surface area (Å²) < 4.78 is 63.1. The van der Waals surface area contributed by atoms with Gasteiger partial charge >= 0.3 is 6.18 Å². The molecule has 1 atom stereocenters. The minimum absolute atomic E-state index is 0.0217. The van der Waals surface area contributed by atoms with E-state index in [4.69, 9.17) is 0 Å². The smallest absolute Gasteiger partial charge is 0.236 e. The molecule has 0 radical (unpaired) electrons. The van der Waals surface area contributed by atoms with Crippen LogP contribution in [0.25, 0.3) is 5.82 Å². The molecule has 2 aromatic heterocycles. The van der Waals surface area contributed by atoms with Crippen LogP contribution in [0.2, 0.25) is 0 Å². The Morgan fingerprint density at radius 1 is 1.28 bits per heavy atom. The topological polar surface area (TPSA) is 77.7 Å². The predicted octanol–water partition coefficient (Wildman–Crippen LogP) is 2.91. The summed E-state index contributed by atoms with van der Waals surface area (Å²) in [6, 6.07) is 2.61. The zero-order valence-electron chi connectivity index (χ0n) is 13.2. The Labute approximate surface area is 142 Å². The van der Waals surface area contributed by atoms with Crippen molar-refractivity contribution < 1.29 is 21.6 Å². The second kappa shape index (κ2) is 6.25. The molecule has 134 valence electrons. The Morgan fingerprint density at radius 2 is 2.04 bits per heavy atom. The fourth-order valence-corrected chi connectivity index (χ4v) is 3.16. The molecule has 1 aliphatic rings. The first-order valence-corrected chi connectivity index (χ1v) is 9.43. The fraction of sp³-hybridized carbons (Fsp3) is 0.400. The lowest BCUT2D eigenvalue weighted by atomic mass is 9.95. The molecule has 0 N–H and O–H groups in total. The number of halogens is 3. The highest BCUT2D eigenvalue weighted by atomic mass is 32.2. The zero-order valence-corrected chi connectivity index (χ0v) is 14.0. The van der Waals surface area contributed by atoms with Crippen LogP contribution < -0.4 is 0 Å². The van der Waals surface area contributed by atoms with Crippen LogP contribution in [0, 0.1) is 0 Å². The van der Waals surface area contributed by atoms with E-state index in [-0.39, 0.29) is 22.5 Å². The summed E-state index contributed by atoms with van der Waals surface area (Å²) in [4.78, 5) is 7.60. The van der Waals surface area contributed by atoms with E-state index < -0.39 is 21.8 Å². The molecular formula is C15H15F3N4O2S. The third-order valence-electron chi connectivity index (χ3n) is 3.84. The normalized spacial score (nSPS) is 18.5. The van der Waals surface area contributed by atoms with Crippen LogP contribution in [0.5, 0.6) is 0 Å². The van der Waals surface area contributed by atoms with E-state index >= 15 is 0 Å². The molecular weight excluding hydrogens is 357 g/mol. The average molecular weight is 372 g/mol. The zero-order chi connectivity index (χ0) is 18.2. The van der Waals surface area contributed by atoms with Crippen molar-refractivity contribution in [3.8, 4) is 5.82 Å². The lowest BCUT2D eigenvalue weighted by Gasteiger charge is -2.16. The second-order valence-electron chi connectivity index (χ2n) is 5.79. The first kappa shape index (κ1) is 17.6. The number of hydrogen-bond donors (Lipinski definition) is 0. The Morgan fingerprint density at radius 3 is 2.56 bits per heavy atom. The Hall–Kier alpha value is -2.23. The number of allylic oxidation sites excluding steroid dienone is 2. The number of rotatable bonds is 3. The van der Waals surface area contributed by atoms with E-state index in [1.807, 2.05) is 12.2 Å². The lowest BCUT2D eigenvalue weighted by Crippen LogP contribution is -2.11. The molecule has 1 aliphatic carbocycles. The maximum Gasteiger partial charge on any atom is 0.453 e. The van der Waals surface area contributed by atoms with Crippen molar-refractivity contribution in [3.05, 3.63) is 42.1 Å². The van der Waals surface area contributed by atoms with Crippen molar-refractivity contribution in [2.75, 3.05) is 6.26 Å². The first-order valence-electron chi connectivity index (χ1n) is 7.53. The van der Waals surface area contributed by atoms with Gasteiger partial charge in [-0.3, -0.25) is 0 Å². The Kier molecular flexibility index (Phi) is 4.40. The minimum Gasteiger partial charge on any atom is -0.236 e. The highest BCUT2D eigenvalue weighted by Gasteiger charge is 2.38. The summed E-state index contributed by atoms with van der Waals surface area (Å²) in [6.07, 6.45) is 3.54. The van der Waals surface area contributed by atoms with Crippen molar-refractivity contribution in [1.82, 2.24) is 19.7 Å². The highest BCUT2D eigenvalue weighted by Crippen LogP contribution is 2.32. The third kappa shape index (κ3) is 3.73. The van der Waals surface area contributed by atoms with Crippen LogP contribution in [0.4, 0.5) is 13.2 Å². The van der Waals surface area contributed by atoms with Gasteiger partial charge in [-0.25, -0.2) is 18.4 Å². The molecule has 2 aromatic rings. The van der Waals surface area contributed by atoms with Crippen LogP contribution in [-0.4, -0.2) is 34.4 Å². The second-order valence-corrected chi connectivity index (χ2v) is 7.81. The van der Waals surface area contributed by atoms with E-state index in [2.05, 4.69) is 15.1 Å². The van der Waals surface area contributed by atoms with Gasteiger partial charge in [-0.05, 0) is 31.4 Å². The van der Waals surface area contributed by atoms with Crippen molar-refractivity contribution in [1.29, 1.82) is 0 Å². The molecule has 0 spiro atoms. The van der Waals surface area contributed by atoms with Crippen molar-refractivity contribution >= 4 is 9.84 Å². The quantitative estimate of drug-likeness (QED) is 0.774. The standard InChI is InChI=1S/C15H15F3N4O2S/c1-25(23,24)11-7-8-12(19-9-11)22-13(10-5-3-2-4-6-10)20-14(21-22)15(16,17)18/h3,5,7-10H,2,4,6H2,1H3. The van der Waals surface area contributed by atoms with Crippen LogP contribution in [0.3, 0.4) is 0 Å². The maximum atomic E-state index is 13.0. The molecule has 3 rings (SSSR count). The number of nitrogens with zero attached hydrogens (tertiary/aromatic N) is 4. The van der Waals surface area contributed by atoms with Gasteiger partial charge in [-0.2, -0.15) is 17.9 Å². The van der Waals surface area contributed by atoms with Crippen molar-refractivity contribution in [2.45, 2.75) is 36.3 Å². The summed E-state index contributed by atoms with van der Waals surface area (Å²) in [5.74, 6) is -1.31. The highest BCUT2D eigenvalue weighted by molar-refractivity contribution is 7.90. The van der Waals surface area contributed by atoms with Gasteiger partial charge in [0.05, 0.1) is 4.90 Å². The number of sulfone groups is 1. The van der Waals surface area contributed by atoms with Crippen LogP contribution in [0.15, 0.2) is 35.4 Å². The molecule has 2 heterocycles. The van der Waals surface area contributed by atoms with Crippen molar-refractivity contribution in [2.24, 2.45) is 0 Å². The average Bonchev–Trinajstić information content (AvgIpc) is 3.00. The number of hydrogen-bond acceptors (Lipinski definition) is 5. The van der Waals surface area contributed by atoms with E-state index in [9.17, 15) is 21.6 Å². The SMILES string of the molecule is CS(=O)(=O)c1ccc(-n2nc(C(F)(F)F)nc2C2C=CCCC2)nc1. The summed E-state index contributed by atoms with van der Waals surface area (Å²) in [7, 11) is -3.45. The molecule has 10 heteroatoms. The van der Waals surface area contributed by atoms with Gasteiger partial charge < -0.3 is 0 Å². The molecule has 0 saturated heterocycles. The number of aromatic nitrogens is 4. The number of pyridine rings is 1. The van der Waals surface area contributed by atoms with E-state index in [1.165, 1.54) is 12.1 Å². The molecule has 1 unspecified atom stereocenters. The summed E-state index contributed by atoms with van der Waals surface area (Å²) in [5.41, 5.74) is 0. The predicted molar refractivity (Wildman–Crippen MR) is 83.0 cm³/mol. The molecule has 0 amide bonds. The van der Waals surface area contributed by atoms with Gasteiger partial charge in [0.1, 0.15) is 5.82 Å². The molecule has 0 bridgehead atoms. The monoisotopic (exact) mass is 372 g/mol. The molecule has 25 heavy (non-hydrogen) atoms. The third-order valence-corrected chi connectivity index (χ3v) is 4.94. The van der Waals surface area contributed by atoms with E-state index in [0.29, 0.717) is 6.42 Å². The fourth-order valence-electron chi connectivity index (χ4n) is 2.60. The van der Waals surface area contributed by atoms with E-state index in [1.54, 1.807) is 0 Å². The minimum atomic E-state index is -4.68.